The van der Waals surface area contributed by atoms with Crippen LogP contribution in [0.3, 0.4) is 0 Å². The minimum Gasteiger partial charge on any atom is -0.507 e. The molecule has 0 fully saturated rings. The summed E-state index contributed by atoms with van der Waals surface area (Å²) in [6.45, 7) is -0.157. The molecule has 0 aliphatic rings. The number of Topliss-reactive ketones (excluding diaryl/α,β-unsaturated/α-hetero) is 1. The van der Waals surface area contributed by atoms with Gasteiger partial charge in [-0.05, 0) is 36.4 Å². The van der Waals surface area contributed by atoms with Crippen molar-refractivity contribution in [3.8, 4) is 17.2 Å². The van der Waals surface area contributed by atoms with E-state index in [1.807, 2.05) is 0 Å². The van der Waals surface area contributed by atoms with Gasteiger partial charge in [-0.2, -0.15) is 0 Å². The number of phenolic OH excluding ortho intramolecular Hbond substituents is 3. The number of hydrogen-bond donors (Lipinski definition) is 3. The second-order valence-electron chi connectivity index (χ2n) is 4.30. The first-order chi connectivity index (χ1) is 9.97. The highest BCUT2D eigenvalue weighted by Crippen LogP contribution is 2.25. The monoisotopic (exact) mass is 305 g/mol. The molecule has 6 heteroatoms. The SMILES string of the molecule is O=C(CN=Cc1cc(Cl)ccc1O)c1ccc(O)c(O)c1. The highest BCUT2D eigenvalue weighted by Gasteiger charge is 2.08. The molecule has 0 saturated carbocycles. The lowest BCUT2D eigenvalue weighted by molar-refractivity contribution is 0.100. The fraction of sp³-hybridized carbons (Fsp3) is 0.0667. The Labute approximate surface area is 125 Å². The van der Waals surface area contributed by atoms with Gasteiger partial charge in [-0.1, -0.05) is 11.6 Å². The molecule has 0 bridgehead atoms. The molecule has 0 unspecified atom stereocenters. The van der Waals surface area contributed by atoms with Crippen LogP contribution in [-0.4, -0.2) is 33.9 Å². The molecular formula is C15H12ClNO4. The summed E-state index contributed by atoms with van der Waals surface area (Å²) in [4.78, 5) is 15.8. The maximum atomic E-state index is 11.9. The molecule has 0 atom stereocenters. The number of benzene rings is 2. The Balaban J connectivity index is 2.08. The summed E-state index contributed by atoms with van der Waals surface area (Å²) in [6.07, 6.45) is 1.35. The maximum absolute atomic E-state index is 11.9. The molecule has 108 valence electrons. The first kappa shape index (κ1) is 14.9. The fourth-order valence-corrected chi connectivity index (χ4v) is 1.82. The van der Waals surface area contributed by atoms with Crippen LogP contribution in [0.15, 0.2) is 41.4 Å². The van der Waals surface area contributed by atoms with Gasteiger partial charge < -0.3 is 15.3 Å². The molecule has 0 heterocycles. The van der Waals surface area contributed by atoms with Crippen molar-refractivity contribution in [1.29, 1.82) is 0 Å². The van der Waals surface area contributed by atoms with Crippen molar-refractivity contribution in [2.24, 2.45) is 4.99 Å². The van der Waals surface area contributed by atoms with Gasteiger partial charge in [0.25, 0.3) is 0 Å². The Hall–Kier alpha value is -2.53. The van der Waals surface area contributed by atoms with Crippen molar-refractivity contribution >= 4 is 23.6 Å². The zero-order valence-corrected chi connectivity index (χ0v) is 11.6. The number of nitrogens with zero attached hydrogens (tertiary/aromatic N) is 1. The van der Waals surface area contributed by atoms with Gasteiger partial charge in [0.15, 0.2) is 17.3 Å². The van der Waals surface area contributed by atoms with Crippen LogP contribution in [0, 0.1) is 0 Å². The zero-order chi connectivity index (χ0) is 15.4. The van der Waals surface area contributed by atoms with E-state index >= 15 is 0 Å². The van der Waals surface area contributed by atoms with Gasteiger partial charge in [0.1, 0.15) is 12.3 Å². The van der Waals surface area contributed by atoms with E-state index in [9.17, 15) is 20.1 Å². The van der Waals surface area contributed by atoms with Gasteiger partial charge in [-0.3, -0.25) is 9.79 Å². The molecule has 0 saturated heterocycles. The summed E-state index contributed by atoms with van der Waals surface area (Å²) in [5, 5.41) is 28.5. The standard InChI is InChI=1S/C15H12ClNO4/c16-11-2-4-12(18)10(5-11)7-17-8-15(21)9-1-3-13(19)14(20)6-9/h1-7,18-20H,8H2. The molecule has 2 aromatic carbocycles. The van der Waals surface area contributed by atoms with E-state index in [4.69, 9.17) is 11.6 Å². The van der Waals surface area contributed by atoms with Crippen LogP contribution in [0.25, 0.3) is 0 Å². The number of ketones is 1. The molecule has 0 spiro atoms. The predicted octanol–water partition coefficient (Wildman–Crippen LogP) is 2.76. The van der Waals surface area contributed by atoms with E-state index in [1.165, 1.54) is 36.5 Å². The van der Waals surface area contributed by atoms with Crippen molar-refractivity contribution < 1.29 is 20.1 Å². The number of halogens is 1. The number of aromatic hydroxyl groups is 3. The number of carbonyl (C=O) groups excluding carboxylic acids is 1. The maximum Gasteiger partial charge on any atom is 0.184 e. The minimum absolute atomic E-state index is 0.0119. The first-order valence-corrected chi connectivity index (χ1v) is 6.38. The second kappa shape index (κ2) is 6.28. The summed E-state index contributed by atoms with van der Waals surface area (Å²) in [6, 6.07) is 8.29. The summed E-state index contributed by atoms with van der Waals surface area (Å²) in [7, 11) is 0. The number of aliphatic imine (C=N–C) groups is 1. The molecular weight excluding hydrogens is 294 g/mol. The van der Waals surface area contributed by atoms with Crippen molar-refractivity contribution in [2.75, 3.05) is 6.54 Å². The van der Waals surface area contributed by atoms with Crippen molar-refractivity contribution in [3.05, 3.63) is 52.5 Å². The van der Waals surface area contributed by atoms with Crippen LogP contribution < -0.4 is 0 Å². The van der Waals surface area contributed by atoms with E-state index in [2.05, 4.69) is 4.99 Å². The largest absolute Gasteiger partial charge is 0.507 e. The molecule has 0 amide bonds. The van der Waals surface area contributed by atoms with Gasteiger partial charge in [0.2, 0.25) is 0 Å². The van der Waals surface area contributed by atoms with E-state index in [0.29, 0.717) is 10.6 Å². The molecule has 5 nitrogen and oxygen atoms in total. The van der Waals surface area contributed by atoms with Crippen molar-refractivity contribution in [1.82, 2.24) is 0 Å². The Morgan fingerprint density at radius 1 is 1.05 bits per heavy atom. The molecule has 0 aliphatic heterocycles. The quantitative estimate of drug-likeness (QED) is 0.460. The van der Waals surface area contributed by atoms with Crippen LogP contribution in [-0.2, 0) is 0 Å². The van der Waals surface area contributed by atoms with Crippen LogP contribution in [0.4, 0.5) is 0 Å². The van der Waals surface area contributed by atoms with Crippen LogP contribution in [0.1, 0.15) is 15.9 Å². The first-order valence-electron chi connectivity index (χ1n) is 6.01. The third-order valence-corrected chi connectivity index (χ3v) is 2.99. The highest BCUT2D eigenvalue weighted by molar-refractivity contribution is 6.30. The Morgan fingerprint density at radius 2 is 1.76 bits per heavy atom. The lowest BCUT2D eigenvalue weighted by Gasteiger charge is -2.01. The van der Waals surface area contributed by atoms with Crippen LogP contribution in [0.2, 0.25) is 5.02 Å². The van der Waals surface area contributed by atoms with Crippen molar-refractivity contribution in [3.63, 3.8) is 0 Å². The van der Waals surface area contributed by atoms with Gasteiger partial charge in [-0.15, -0.1) is 0 Å². The van der Waals surface area contributed by atoms with E-state index in [0.717, 1.165) is 0 Å². The molecule has 3 N–H and O–H groups in total. The second-order valence-corrected chi connectivity index (χ2v) is 4.74. The zero-order valence-electron chi connectivity index (χ0n) is 10.8. The fourth-order valence-electron chi connectivity index (χ4n) is 1.64. The topological polar surface area (TPSA) is 90.1 Å². The summed E-state index contributed by atoms with van der Waals surface area (Å²) in [5.41, 5.74) is 0.640. The molecule has 2 aromatic rings. The smallest absolute Gasteiger partial charge is 0.184 e. The third-order valence-electron chi connectivity index (χ3n) is 2.75. The lowest BCUT2D eigenvalue weighted by atomic mass is 10.1. The Kier molecular flexibility index (Phi) is 4.45. The van der Waals surface area contributed by atoms with Gasteiger partial charge in [-0.25, -0.2) is 0 Å². The molecule has 0 aromatic heterocycles. The molecule has 2 rings (SSSR count). The lowest BCUT2D eigenvalue weighted by Crippen LogP contribution is -2.03. The van der Waals surface area contributed by atoms with Crippen LogP contribution in [0.5, 0.6) is 17.2 Å². The number of phenols is 3. The van der Waals surface area contributed by atoms with Crippen LogP contribution >= 0.6 is 11.6 Å². The van der Waals surface area contributed by atoms with E-state index < -0.39 is 0 Å². The van der Waals surface area contributed by atoms with Crippen molar-refractivity contribution in [2.45, 2.75) is 0 Å². The minimum atomic E-state index is -0.364. The Morgan fingerprint density at radius 3 is 2.48 bits per heavy atom. The molecule has 0 radical (unpaired) electrons. The predicted molar refractivity (Wildman–Crippen MR) is 79.7 cm³/mol. The highest BCUT2D eigenvalue weighted by atomic mass is 35.5. The molecule has 0 aliphatic carbocycles. The molecule has 21 heavy (non-hydrogen) atoms. The summed E-state index contributed by atoms with van der Waals surface area (Å²) < 4.78 is 0. The average molecular weight is 306 g/mol. The third kappa shape index (κ3) is 3.73. The normalized spacial score (nSPS) is 10.9. The van der Waals surface area contributed by atoms with E-state index in [1.54, 1.807) is 6.07 Å². The Bertz CT molecular complexity index is 713. The van der Waals surface area contributed by atoms with E-state index in [-0.39, 0.29) is 35.1 Å². The van der Waals surface area contributed by atoms with Gasteiger partial charge in [0.05, 0.1) is 0 Å². The number of hydrogen-bond acceptors (Lipinski definition) is 5. The summed E-state index contributed by atoms with van der Waals surface area (Å²) >= 11 is 5.80. The number of rotatable bonds is 4. The summed E-state index contributed by atoms with van der Waals surface area (Å²) in [5.74, 6) is -0.975. The number of carbonyl (C=O) groups is 1. The van der Waals surface area contributed by atoms with Gasteiger partial charge >= 0.3 is 0 Å². The van der Waals surface area contributed by atoms with Gasteiger partial charge in [0, 0.05) is 22.4 Å². The average Bonchev–Trinajstić information content (AvgIpc) is 2.45.